The van der Waals surface area contributed by atoms with Crippen molar-refractivity contribution in [3.63, 3.8) is 0 Å². The SMILES string of the molecule is C=C(CN(C)Cc1ccccc1)C(=O)/C(=C/c1ccco1)c1ccccc1. The van der Waals surface area contributed by atoms with Crippen LogP contribution in [0.3, 0.4) is 0 Å². The molecule has 3 heteroatoms. The Bertz CT molecular complexity index is 910. The number of ketones is 1. The van der Waals surface area contributed by atoms with Gasteiger partial charge in [0.15, 0.2) is 5.78 Å². The maximum absolute atomic E-state index is 13.1. The van der Waals surface area contributed by atoms with Crippen LogP contribution in [0.15, 0.2) is 95.6 Å². The van der Waals surface area contributed by atoms with Gasteiger partial charge < -0.3 is 4.42 Å². The van der Waals surface area contributed by atoms with Crippen LogP contribution in [0.5, 0.6) is 0 Å². The summed E-state index contributed by atoms with van der Waals surface area (Å²) in [6, 6.07) is 23.4. The zero-order valence-corrected chi connectivity index (χ0v) is 15.5. The zero-order valence-electron chi connectivity index (χ0n) is 15.5. The van der Waals surface area contributed by atoms with Crippen molar-refractivity contribution in [2.24, 2.45) is 0 Å². The first-order valence-corrected chi connectivity index (χ1v) is 8.89. The second-order valence-electron chi connectivity index (χ2n) is 6.53. The largest absolute Gasteiger partial charge is 0.465 e. The highest BCUT2D eigenvalue weighted by atomic mass is 16.3. The van der Waals surface area contributed by atoms with Crippen LogP contribution in [0.2, 0.25) is 0 Å². The average Bonchev–Trinajstić information content (AvgIpc) is 3.20. The Morgan fingerprint density at radius 2 is 1.67 bits per heavy atom. The van der Waals surface area contributed by atoms with E-state index in [0.717, 1.165) is 12.1 Å². The Morgan fingerprint density at radius 1 is 1.00 bits per heavy atom. The molecule has 0 bridgehead atoms. The summed E-state index contributed by atoms with van der Waals surface area (Å²) in [6.45, 7) is 5.30. The van der Waals surface area contributed by atoms with Crippen LogP contribution in [0, 0.1) is 0 Å². The van der Waals surface area contributed by atoms with Crippen LogP contribution in [-0.2, 0) is 11.3 Å². The molecular formula is C24H23NO2. The maximum Gasteiger partial charge on any atom is 0.190 e. The first-order valence-electron chi connectivity index (χ1n) is 8.89. The molecule has 0 aliphatic carbocycles. The molecule has 3 aromatic rings. The van der Waals surface area contributed by atoms with Crippen molar-refractivity contribution >= 4 is 17.4 Å². The molecular weight excluding hydrogens is 334 g/mol. The molecule has 0 fully saturated rings. The monoisotopic (exact) mass is 357 g/mol. The molecule has 0 radical (unpaired) electrons. The third kappa shape index (κ3) is 5.16. The van der Waals surface area contributed by atoms with Crippen LogP contribution in [-0.4, -0.2) is 24.3 Å². The van der Waals surface area contributed by atoms with E-state index in [1.54, 1.807) is 18.4 Å². The molecule has 1 heterocycles. The normalized spacial score (nSPS) is 11.6. The van der Waals surface area contributed by atoms with E-state index in [-0.39, 0.29) is 5.78 Å². The minimum absolute atomic E-state index is 0.0717. The number of likely N-dealkylation sites (N-methyl/N-ethyl adjacent to an activating group) is 1. The van der Waals surface area contributed by atoms with Gasteiger partial charge in [-0.25, -0.2) is 0 Å². The number of Topliss-reactive ketones (excluding diaryl/α,β-unsaturated/α-hetero) is 1. The number of benzene rings is 2. The minimum atomic E-state index is -0.0717. The fourth-order valence-corrected chi connectivity index (χ4v) is 2.95. The van der Waals surface area contributed by atoms with Crippen molar-refractivity contribution in [3.05, 3.63) is 108 Å². The Labute approximate surface area is 160 Å². The van der Waals surface area contributed by atoms with E-state index in [1.807, 2.05) is 61.6 Å². The highest BCUT2D eigenvalue weighted by Crippen LogP contribution is 2.22. The van der Waals surface area contributed by atoms with Gasteiger partial charge in [0, 0.05) is 24.2 Å². The number of rotatable bonds is 8. The molecule has 0 unspecified atom stereocenters. The highest BCUT2D eigenvalue weighted by molar-refractivity contribution is 6.32. The highest BCUT2D eigenvalue weighted by Gasteiger charge is 2.17. The van der Waals surface area contributed by atoms with Gasteiger partial charge in [-0.05, 0) is 36.4 Å². The molecule has 0 aliphatic heterocycles. The lowest BCUT2D eigenvalue weighted by atomic mass is 9.96. The molecule has 0 spiro atoms. The van der Waals surface area contributed by atoms with Crippen molar-refractivity contribution in [1.29, 1.82) is 0 Å². The first-order chi connectivity index (χ1) is 13.1. The van der Waals surface area contributed by atoms with Crippen LogP contribution in [0.25, 0.3) is 11.6 Å². The maximum atomic E-state index is 13.1. The van der Waals surface area contributed by atoms with E-state index < -0.39 is 0 Å². The number of furan rings is 1. The molecule has 0 saturated carbocycles. The molecule has 2 aromatic carbocycles. The molecule has 3 rings (SSSR count). The number of carbonyl (C=O) groups is 1. The molecule has 27 heavy (non-hydrogen) atoms. The van der Waals surface area contributed by atoms with Crippen LogP contribution in [0.4, 0.5) is 0 Å². The van der Waals surface area contributed by atoms with E-state index in [4.69, 9.17) is 4.42 Å². The second-order valence-corrected chi connectivity index (χ2v) is 6.53. The van der Waals surface area contributed by atoms with Gasteiger partial charge in [-0.15, -0.1) is 0 Å². The van der Waals surface area contributed by atoms with E-state index in [9.17, 15) is 4.79 Å². The van der Waals surface area contributed by atoms with E-state index in [0.29, 0.717) is 23.5 Å². The summed E-state index contributed by atoms with van der Waals surface area (Å²) >= 11 is 0. The van der Waals surface area contributed by atoms with E-state index in [1.165, 1.54) is 5.56 Å². The van der Waals surface area contributed by atoms with Crippen LogP contribution < -0.4 is 0 Å². The van der Waals surface area contributed by atoms with Crippen molar-refractivity contribution in [3.8, 4) is 0 Å². The summed E-state index contributed by atoms with van der Waals surface area (Å²) < 4.78 is 5.41. The third-order valence-corrected chi connectivity index (χ3v) is 4.24. The van der Waals surface area contributed by atoms with Gasteiger partial charge in [-0.2, -0.15) is 0 Å². The van der Waals surface area contributed by atoms with Gasteiger partial charge in [0.2, 0.25) is 0 Å². The average molecular weight is 357 g/mol. The molecule has 0 atom stereocenters. The van der Waals surface area contributed by atoms with Gasteiger partial charge in [-0.1, -0.05) is 67.2 Å². The van der Waals surface area contributed by atoms with Crippen LogP contribution in [0.1, 0.15) is 16.9 Å². The Morgan fingerprint density at radius 3 is 2.30 bits per heavy atom. The topological polar surface area (TPSA) is 33.5 Å². The summed E-state index contributed by atoms with van der Waals surface area (Å²) in [5.41, 5.74) is 3.19. The van der Waals surface area contributed by atoms with Gasteiger partial charge in [0.1, 0.15) is 5.76 Å². The lowest BCUT2D eigenvalue weighted by molar-refractivity contribution is -0.110. The number of nitrogens with zero attached hydrogens (tertiary/aromatic N) is 1. The van der Waals surface area contributed by atoms with Gasteiger partial charge in [-0.3, -0.25) is 9.69 Å². The summed E-state index contributed by atoms with van der Waals surface area (Å²) in [6.07, 6.45) is 3.38. The lowest BCUT2D eigenvalue weighted by Gasteiger charge is -2.18. The van der Waals surface area contributed by atoms with Gasteiger partial charge >= 0.3 is 0 Å². The predicted octanol–water partition coefficient (Wildman–Crippen LogP) is 5.08. The van der Waals surface area contributed by atoms with Crippen molar-refractivity contribution in [2.45, 2.75) is 6.54 Å². The number of hydrogen-bond acceptors (Lipinski definition) is 3. The van der Waals surface area contributed by atoms with Crippen molar-refractivity contribution in [2.75, 3.05) is 13.6 Å². The van der Waals surface area contributed by atoms with E-state index in [2.05, 4.69) is 23.6 Å². The Balaban J connectivity index is 1.76. The third-order valence-electron chi connectivity index (χ3n) is 4.24. The fourth-order valence-electron chi connectivity index (χ4n) is 2.95. The van der Waals surface area contributed by atoms with Gasteiger partial charge in [0.05, 0.1) is 6.26 Å². The molecule has 3 nitrogen and oxygen atoms in total. The van der Waals surface area contributed by atoms with Crippen molar-refractivity contribution < 1.29 is 9.21 Å². The summed E-state index contributed by atoms with van der Waals surface area (Å²) in [4.78, 5) is 15.2. The molecule has 0 amide bonds. The standard InChI is InChI=1S/C24H23NO2/c1-19(17-25(2)18-20-10-5-3-6-11-20)24(26)23(16-22-14-9-15-27-22)21-12-7-4-8-13-21/h3-16H,1,17-18H2,2H3/b23-16+. The summed E-state index contributed by atoms with van der Waals surface area (Å²) in [5.74, 6) is 0.574. The number of carbonyl (C=O) groups excluding carboxylic acids is 1. The predicted molar refractivity (Wildman–Crippen MR) is 110 cm³/mol. The second kappa shape index (κ2) is 8.97. The molecule has 136 valence electrons. The van der Waals surface area contributed by atoms with Gasteiger partial charge in [0.25, 0.3) is 0 Å². The lowest BCUT2D eigenvalue weighted by Crippen LogP contribution is -2.23. The quantitative estimate of drug-likeness (QED) is 0.527. The molecule has 0 aliphatic rings. The van der Waals surface area contributed by atoms with Crippen molar-refractivity contribution in [1.82, 2.24) is 4.90 Å². The minimum Gasteiger partial charge on any atom is -0.465 e. The fraction of sp³-hybridized carbons (Fsp3) is 0.125. The Kier molecular flexibility index (Phi) is 6.18. The number of allylic oxidation sites excluding steroid dienone is 1. The molecule has 0 N–H and O–H groups in total. The summed E-state index contributed by atoms with van der Waals surface area (Å²) in [5, 5.41) is 0. The van der Waals surface area contributed by atoms with Crippen LogP contribution >= 0.6 is 0 Å². The van der Waals surface area contributed by atoms with E-state index >= 15 is 0 Å². The smallest absolute Gasteiger partial charge is 0.190 e. The molecule has 0 saturated heterocycles. The zero-order chi connectivity index (χ0) is 19.1. The molecule has 1 aromatic heterocycles. The summed E-state index contributed by atoms with van der Waals surface area (Å²) in [7, 11) is 1.99. The first kappa shape index (κ1) is 18.6. The number of hydrogen-bond donors (Lipinski definition) is 0. The Hall–Kier alpha value is -3.17.